The van der Waals surface area contributed by atoms with Crippen LogP contribution < -0.4 is 10.2 Å². The van der Waals surface area contributed by atoms with Crippen molar-refractivity contribution >= 4 is 34.7 Å². The molecule has 3 aromatic rings. The zero-order chi connectivity index (χ0) is 22.7. The molecule has 0 bridgehead atoms. The van der Waals surface area contributed by atoms with Crippen LogP contribution in [0.4, 0.5) is 24.7 Å². The van der Waals surface area contributed by atoms with Crippen molar-refractivity contribution < 1.29 is 18.0 Å². The second kappa shape index (κ2) is 9.32. The van der Waals surface area contributed by atoms with Crippen LogP contribution in [0.25, 0.3) is 5.65 Å². The van der Waals surface area contributed by atoms with Gasteiger partial charge in [-0.1, -0.05) is 12.1 Å². The van der Waals surface area contributed by atoms with Gasteiger partial charge in [-0.3, -0.25) is 4.79 Å². The monoisotopic (exact) mass is 466 g/mol. The van der Waals surface area contributed by atoms with E-state index in [0.717, 1.165) is 28.6 Å². The van der Waals surface area contributed by atoms with Crippen LogP contribution >= 0.6 is 11.6 Å². The van der Waals surface area contributed by atoms with Crippen LogP contribution in [-0.4, -0.2) is 44.7 Å². The van der Waals surface area contributed by atoms with Gasteiger partial charge in [-0.2, -0.15) is 17.7 Å². The van der Waals surface area contributed by atoms with Crippen molar-refractivity contribution in [1.29, 1.82) is 0 Å². The van der Waals surface area contributed by atoms with Gasteiger partial charge < -0.3 is 10.2 Å². The topological polar surface area (TPSA) is 75.4 Å². The molecule has 2 aromatic heterocycles. The molecule has 0 aliphatic carbocycles. The van der Waals surface area contributed by atoms with Crippen LogP contribution in [-0.2, 0) is 11.0 Å². The molecule has 0 saturated carbocycles. The van der Waals surface area contributed by atoms with E-state index in [1.54, 1.807) is 6.07 Å². The van der Waals surface area contributed by atoms with E-state index in [4.69, 9.17) is 11.6 Å². The molecule has 0 radical (unpaired) electrons. The number of nitrogens with one attached hydrogen (secondary N) is 1. The predicted octanol–water partition coefficient (Wildman–Crippen LogP) is 4.48. The SMILES string of the molecule is O=C(CCCCl)Nc1cccc(C2CCN(c3ccc4nnc(C(F)(F)F)n4n3)CC2)c1. The zero-order valence-electron chi connectivity index (χ0n) is 17.1. The summed E-state index contributed by atoms with van der Waals surface area (Å²) in [7, 11) is 0. The number of hydrogen-bond donors (Lipinski definition) is 1. The molecule has 1 fully saturated rings. The van der Waals surface area contributed by atoms with Gasteiger partial charge >= 0.3 is 6.18 Å². The van der Waals surface area contributed by atoms with Crippen LogP contribution in [0.1, 0.15) is 43.0 Å². The molecule has 11 heteroatoms. The minimum Gasteiger partial charge on any atom is -0.355 e. The number of nitrogens with zero attached hydrogens (tertiary/aromatic N) is 5. The van der Waals surface area contributed by atoms with Crippen molar-refractivity contribution in [3.8, 4) is 0 Å². The van der Waals surface area contributed by atoms with Crippen LogP contribution in [0.5, 0.6) is 0 Å². The first-order valence-corrected chi connectivity index (χ1v) is 10.9. The summed E-state index contributed by atoms with van der Waals surface area (Å²) in [6, 6.07) is 10.9. The second-order valence-electron chi connectivity index (χ2n) is 7.71. The number of hydrogen-bond acceptors (Lipinski definition) is 5. The molecule has 0 spiro atoms. The summed E-state index contributed by atoms with van der Waals surface area (Å²) < 4.78 is 40.1. The Hall–Kier alpha value is -2.88. The van der Waals surface area contributed by atoms with Crippen molar-refractivity contribution in [2.24, 2.45) is 0 Å². The summed E-state index contributed by atoms with van der Waals surface area (Å²) in [5.41, 5.74) is 1.94. The van der Waals surface area contributed by atoms with Crippen LogP contribution in [0, 0.1) is 0 Å². The van der Waals surface area contributed by atoms with Gasteiger partial charge in [0.05, 0.1) is 0 Å². The minimum absolute atomic E-state index is 0.0564. The van der Waals surface area contributed by atoms with Gasteiger partial charge in [0, 0.05) is 31.1 Å². The van der Waals surface area contributed by atoms with Gasteiger partial charge in [0.15, 0.2) is 5.65 Å². The summed E-state index contributed by atoms with van der Waals surface area (Å²) in [5, 5.41) is 13.8. The summed E-state index contributed by atoms with van der Waals surface area (Å²) in [4.78, 5) is 13.9. The number of benzene rings is 1. The quantitative estimate of drug-likeness (QED) is 0.542. The third-order valence-electron chi connectivity index (χ3n) is 5.50. The number of anilines is 2. The maximum Gasteiger partial charge on any atom is 0.453 e. The molecule has 4 rings (SSSR count). The summed E-state index contributed by atoms with van der Waals surface area (Å²) in [5.74, 6) is 0.000207. The number of aromatic nitrogens is 4. The Morgan fingerprint density at radius 3 is 2.66 bits per heavy atom. The fourth-order valence-electron chi connectivity index (χ4n) is 3.89. The lowest BCUT2D eigenvalue weighted by molar-refractivity contribution is -0.146. The third-order valence-corrected chi connectivity index (χ3v) is 5.77. The van der Waals surface area contributed by atoms with E-state index in [1.165, 1.54) is 6.07 Å². The number of carbonyl (C=O) groups is 1. The van der Waals surface area contributed by atoms with Gasteiger partial charge in [0.25, 0.3) is 5.82 Å². The summed E-state index contributed by atoms with van der Waals surface area (Å²) in [6.07, 6.45) is -1.98. The van der Waals surface area contributed by atoms with Crippen LogP contribution in [0.2, 0.25) is 0 Å². The van der Waals surface area contributed by atoms with Crippen molar-refractivity contribution in [3.63, 3.8) is 0 Å². The Kier molecular flexibility index (Phi) is 6.50. The molecule has 170 valence electrons. The highest BCUT2D eigenvalue weighted by Crippen LogP contribution is 2.32. The van der Waals surface area contributed by atoms with Gasteiger partial charge in [-0.25, -0.2) is 0 Å². The normalized spacial score (nSPS) is 15.3. The van der Waals surface area contributed by atoms with E-state index in [2.05, 4.69) is 20.6 Å². The van der Waals surface area contributed by atoms with Gasteiger partial charge in [0.1, 0.15) is 5.82 Å². The number of carbonyl (C=O) groups excluding carboxylic acids is 1. The first-order valence-electron chi connectivity index (χ1n) is 10.4. The standard InChI is InChI=1S/C21H22ClF3N6O/c22-10-2-5-19(32)26-16-4-1-3-15(13-16)14-8-11-30(12-9-14)18-7-6-17-27-28-20(21(23,24)25)31(17)29-18/h1,3-4,6-7,13-14H,2,5,8-12H2,(H,26,32). The molecule has 3 heterocycles. The number of amides is 1. The molecule has 1 aromatic carbocycles. The van der Waals surface area contributed by atoms with E-state index < -0.39 is 12.0 Å². The molecule has 7 nitrogen and oxygen atoms in total. The number of halogens is 4. The Balaban J connectivity index is 1.42. The van der Waals surface area contributed by atoms with Crippen molar-refractivity contribution in [3.05, 3.63) is 47.8 Å². The van der Waals surface area contributed by atoms with Crippen LogP contribution in [0.3, 0.4) is 0 Å². The van der Waals surface area contributed by atoms with E-state index >= 15 is 0 Å². The average Bonchev–Trinajstić information content (AvgIpc) is 3.22. The fraction of sp³-hybridized carbons (Fsp3) is 0.429. The Labute approximate surface area is 187 Å². The number of piperidine rings is 1. The maximum atomic E-state index is 13.1. The Morgan fingerprint density at radius 1 is 1.16 bits per heavy atom. The smallest absolute Gasteiger partial charge is 0.355 e. The molecule has 32 heavy (non-hydrogen) atoms. The summed E-state index contributed by atoms with van der Waals surface area (Å²) >= 11 is 5.64. The van der Waals surface area contributed by atoms with Crippen molar-refractivity contribution in [2.45, 2.75) is 37.8 Å². The largest absolute Gasteiger partial charge is 0.453 e. The molecule has 1 saturated heterocycles. The van der Waals surface area contributed by atoms with E-state index in [1.807, 2.05) is 29.2 Å². The predicted molar refractivity (Wildman–Crippen MR) is 115 cm³/mol. The van der Waals surface area contributed by atoms with Gasteiger partial charge in [-0.05, 0) is 55.0 Å². The van der Waals surface area contributed by atoms with Gasteiger partial charge in [-0.15, -0.1) is 26.9 Å². The third kappa shape index (κ3) is 4.95. The molecular weight excluding hydrogens is 445 g/mol. The van der Waals surface area contributed by atoms with Crippen LogP contribution in [0.15, 0.2) is 36.4 Å². The van der Waals surface area contributed by atoms with Gasteiger partial charge in [0.2, 0.25) is 5.91 Å². The molecular formula is C21H22ClF3N6O. The second-order valence-corrected chi connectivity index (χ2v) is 8.09. The fourth-order valence-corrected chi connectivity index (χ4v) is 4.02. The first kappa shape index (κ1) is 22.3. The number of alkyl halides is 4. The highest BCUT2D eigenvalue weighted by molar-refractivity contribution is 6.18. The lowest BCUT2D eigenvalue weighted by atomic mass is 9.89. The molecule has 0 unspecified atom stereocenters. The molecule has 1 N–H and O–H groups in total. The van der Waals surface area contributed by atoms with E-state index in [0.29, 0.717) is 37.6 Å². The minimum atomic E-state index is -4.62. The average molecular weight is 467 g/mol. The Morgan fingerprint density at radius 2 is 1.94 bits per heavy atom. The van der Waals surface area contributed by atoms with Crippen molar-refractivity contribution in [1.82, 2.24) is 19.8 Å². The lowest BCUT2D eigenvalue weighted by Crippen LogP contribution is -2.34. The van der Waals surface area contributed by atoms with E-state index in [9.17, 15) is 18.0 Å². The molecule has 0 atom stereocenters. The zero-order valence-corrected chi connectivity index (χ0v) is 17.9. The highest BCUT2D eigenvalue weighted by atomic mass is 35.5. The molecule has 1 amide bonds. The van der Waals surface area contributed by atoms with Crippen molar-refractivity contribution in [2.75, 3.05) is 29.2 Å². The number of rotatable bonds is 6. The molecule has 1 aliphatic rings. The first-order chi connectivity index (χ1) is 15.3. The molecule has 1 aliphatic heterocycles. The number of fused-ring (bicyclic) bond motifs is 1. The maximum absolute atomic E-state index is 13.1. The highest BCUT2D eigenvalue weighted by Gasteiger charge is 2.38. The Bertz CT molecular complexity index is 1090. The van der Waals surface area contributed by atoms with E-state index in [-0.39, 0.29) is 17.5 Å². The summed E-state index contributed by atoms with van der Waals surface area (Å²) in [6.45, 7) is 1.30. The lowest BCUT2D eigenvalue weighted by Gasteiger charge is -2.33.